The van der Waals surface area contributed by atoms with Crippen molar-refractivity contribution in [3.63, 3.8) is 0 Å². The van der Waals surface area contributed by atoms with Crippen molar-refractivity contribution in [1.82, 2.24) is 0 Å². The van der Waals surface area contributed by atoms with Gasteiger partial charge in [-0.2, -0.15) is 0 Å². The Morgan fingerprint density at radius 3 is 2.20 bits per heavy atom. The molecule has 20 heavy (non-hydrogen) atoms. The van der Waals surface area contributed by atoms with E-state index < -0.39 is 0 Å². The third-order valence-corrected chi connectivity index (χ3v) is 4.33. The summed E-state index contributed by atoms with van der Waals surface area (Å²) in [6, 6.07) is 7.55. The van der Waals surface area contributed by atoms with E-state index in [1.165, 1.54) is 0 Å². The fourth-order valence-electron chi connectivity index (χ4n) is 2.86. The Hall–Kier alpha value is -1.22. The van der Waals surface area contributed by atoms with Gasteiger partial charge in [-0.05, 0) is 54.9 Å². The van der Waals surface area contributed by atoms with E-state index in [1.54, 1.807) is 7.11 Å². The highest BCUT2D eigenvalue weighted by Crippen LogP contribution is 2.39. The summed E-state index contributed by atoms with van der Waals surface area (Å²) < 4.78 is 11.1. The number of hydrogen-bond donors (Lipinski definition) is 1. The van der Waals surface area contributed by atoms with E-state index in [4.69, 9.17) is 9.47 Å². The van der Waals surface area contributed by atoms with Gasteiger partial charge in [0.2, 0.25) is 0 Å². The smallest absolute Gasteiger partial charge is 0.125 e. The normalized spacial score (nSPS) is 27.1. The largest absolute Gasteiger partial charge is 0.497 e. The minimum Gasteiger partial charge on any atom is -0.497 e. The van der Waals surface area contributed by atoms with Gasteiger partial charge in [0.25, 0.3) is 0 Å². The monoisotopic (exact) mass is 278 g/mol. The zero-order chi connectivity index (χ0) is 14.8. The van der Waals surface area contributed by atoms with Crippen LogP contribution in [0.3, 0.4) is 0 Å². The molecule has 1 aliphatic rings. The molecule has 1 fully saturated rings. The summed E-state index contributed by atoms with van der Waals surface area (Å²) in [6.45, 7) is 6.79. The number of rotatable bonds is 3. The lowest BCUT2D eigenvalue weighted by atomic mass is 9.71. The summed E-state index contributed by atoms with van der Waals surface area (Å²) in [6.07, 6.45) is 2.34. The van der Waals surface area contributed by atoms with Gasteiger partial charge in [0.1, 0.15) is 17.6 Å². The van der Waals surface area contributed by atoms with Crippen molar-refractivity contribution >= 4 is 0 Å². The topological polar surface area (TPSA) is 38.7 Å². The van der Waals surface area contributed by atoms with Crippen molar-refractivity contribution in [3.8, 4) is 11.5 Å². The van der Waals surface area contributed by atoms with Crippen molar-refractivity contribution in [2.75, 3.05) is 7.11 Å². The minimum absolute atomic E-state index is 0.110. The molecule has 0 spiro atoms. The van der Waals surface area contributed by atoms with Crippen molar-refractivity contribution < 1.29 is 14.6 Å². The van der Waals surface area contributed by atoms with Crippen LogP contribution >= 0.6 is 0 Å². The zero-order valence-corrected chi connectivity index (χ0v) is 12.9. The van der Waals surface area contributed by atoms with Gasteiger partial charge in [0, 0.05) is 0 Å². The van der Waals surface area contributed by atoms with Crippen LogP contribution in [0, 0.1) is 11.3 Å². The maximum atomic E-state index is 10.2. The lowest BCUT2D eigenvalue weighted by Gasteiger charge is -2.39. The second-order valence-corrected chi connectivity index (χ2v) is 6.78. The van der Waals surface area contributed by atoms with E-state index in [-0.39, 0.29) is 17.6 Å². The van der Waals surface area contributed by atoms with Crippen molar-refractivity contribution in [2.45, 2.75) is 52.2 Å². The third-order valence-electron chi connectivity index (χ3n) is 4.33. The Morgan fingerprint density at radius 1 is 1.05 bits per heavy atom. The molecule has 0 saturated heterocycles. The SMILES string of the molecule is COc1ccc(OC2CC(C(C)(C)C)CCC2O)cc1. The van der Waals surface area contributed by atoms with E-state index in [1.807, 2.05) is 24.3 Å². The van der Waals surface area contributed by atoms with E-state index in [0.717, 1.165) is 30.8 Å². The lowest BCUT2D eigenvalue weighted by Crippen LogP contribution is -2.41. The van der Waals surface area contributed by atoms with Crippen molar-refractivity contribution in [1.29, 1.82) is 0 Å². The highest BCUT2D eigenvalue weighted by molar-refractivity contribution is 5.31. The Labute approximate surface area is 121 Å². The van der Waals surface area contributed by atoms with Crippen LogP contribution in [0.1, 0.15) is 40.0 Å². The van der Waals surface area contributed by atoms with Gasteiger partial charge in [-0.1, -0.05) is 20.8 Å². The fraction of sp³-hybridized carbons (Fsp3) is 0.647. The number of benzene rings is 1. The summed E-state index contributed by atoms with van der Waals surface area (Å²) in [5, 5.41) is 10.2. The van der Waals surface area contributed by atoms with Gasteiger partial charge in [-0.25, -0.2) is 0 Å². The van der Waals surface area contributed by atoms with Crippen LogP contribution in [0.15, 0.2) is 24.3 Å². The molecule has 3 nitrogen and oxygen atoms in total. The van der Waals surface area contributed by atoms with Crippen LogP contribution in [0.25, 0.3) is 0 Å². The Bertz CT molecular complexity index is 419. The lowest BCUT2D eigenvalue weighted by molar-refractivity contribution is -0.0297. The summed E-state index contributed by atoms with van der Waals surface area (Å²) >= 11 is 0. The fourth-order valence-corrected chi connectivity index (χ4v) is 2.86. The molecule has 0 heterocycles. The molecule has 0 aromatic heterocycles. The van der Waals surface area contributed by atoms with Gasteiger partial charge in [-0.3, -0.25) is 0 Å². The van der Waals surface area contributed by atoms with Crippen LogP contribution in [0.2, 0.25) is 0 Å². The summed E-state index contributed by atoms with van der Waals surface area (Å²) in [5.74, 6) is 2.20. The Balaban J connectivity index is 2.02. The number of methoxy groups -OCH3 is 1. The van der Waals surface area contributed by atoms with Gasteiger partial charge in [0.15, 0.2) is 0 Å². The quantitative estimate of drug-likeness (QED) is 0.917. The second-order valence-electron chi connectivity index (χ2n) is 6.78. The predicted molar refractivity (Wildman–Crippen MR) is 80.2 cm³/mol. The molecular weight excluding hydrogens is 252 g/mol. The molecule has 0 radical (unpaired) electrons. The van der Waals surface area contributed by atoms with E-state index in [2.05, 4.69) is 20.8 Å². The molecule has 3 heteroatoms. The number of aliphatic hydroxyl groups excluding tert-OH is 1. The van der Waals surface area contributed by atoms with E-state index >= 15 is 0 Å². The molecule has 0 amide bonds. The van der Waals surface area contributed by atoms with Gasteiger partial charge in [-0.15, -0.1) is 0 Å². The van der Waals surface area contributed by atoms with Crippen LogP contribution in [-0.2, 0) is 0 Å². The number of aliphatic hydroxyl groups is 1. The molecule has 1 aliphatic carbocycles. The molecular formula is C17H26O3. The highest BCUT2D eigenvalue weighted by atomic mass is 16.5. The standard InChI is InChI=1S/C17H26O3/c1-17(2,3)12-5-10-15(18)16(11-12)20-14-8-6-13(19-4)7-9-14/h6-9,12,15-16,18H,5,10-11H2,1-4H3. The van der Waals surface area contributed by atoms with Gasteiger partial charge < -0.3 is 14.6 Å². The molecule has 0 aliphatic heterocycles. The molecule has 2 rings (SSSR count). The summed E-state index contributed by atoms with van der Waals surface area (Å²) in [5.41, 5.74) is 0.266. The first-order valence-electron chi connectivity index (χ1n) is 7.39. The average molecular weight is 278 g/mol. The Kier molecular flexibility index (Phi) is 4.59. The minimum atomic E-state index is -0.365. The number of ether oxygens (including phenoxy) is 2. The molecule has 3 atom stereocenters. The first-order chi connectivity index (χ1) is 9.40. The van der Waals surface area contributed by atoms with Crippen molar-refractivity contribution in [3.05, 3.63) is 24.3 Å². The first kappa shape index (κ1) is 15.2. The molecule has 1 saturated carbocycles. The Morgan fingerprint density at radius 2 is 1.65 bits per heavy atom. The zero-order valence-electron chi connectivity index (χ0n) is 12.9. The van der Waals surface area contributed by atoms with Crippen molar-refractivity contribution in [2.24, 2.45) is 11.3 Å². The third kappa shape index (κ3) is 3.66. The highest BCUT2D eigenvalue weighted by Gasteiger charge is 2.36. The van der Waals surface area contributed by atoms with Crippen LogP contribution in [-0.4, -0.2) is 24.4 Å². The van der Waals surface area contributed by atoms with E-state index in [9.17, 15) is 5.11 Å². The average Bonchev–Trinajstić information content (AvgIpc) is 2.41. The first-order valence-corrected chi connectivity index (χ1v) is 7.39. The van der Waals surface area contributed by atoms with Crippen LogP contribution in [0.4, 0.5) is 0 Å². The van der Waals surface area contributed by atoms with Crippen LogP contribution in [0.5, 0.6) is 11.5 Å². The summed E-state index contributed by atoms with van der Waals surface area (Å²) in [4.78, 5) is 0. The molecule has 112 valence electrons. The maximum Gasteiger partial charge on any atom is 0.125 e. The summed E-state index contributed by atoms with van der Waals surface area (Å²) in [7, 11) is 1.65. The van der Waals surface area contributed by atoms with Gasteiger partial charge in [0.05, 0.1) is 13.2 Å². The van der Waals surface area contributed by atoms with E-state index in [0.29, 0.717) is 5.92 Å². The molecule has 0 bridgehead atoms. The number of hydrogen-bond acceptors (Lipinski definition) is 3. The molecule has 3 unspecified atom stereocenters. The predicted octanol–water partition coefficient (Wildman–Crippen LogP) is 3.65. The molecule has 1 aromatic carbocycles. The van der Waals surface area contributed by atoms with Crippen LogP contribution < -0.4 is 9.47 Å². The maximum absolute atomic E-state index is 10.2. The molecule has 1 aromatic rings. The van der Waals surface area contributed by atoms with Gasteiger partial charge >= 0.3 is 0 Å². The second kappa shape index (κ2) is 6.04. The molecule has 1 N–H and O–H groups in total.